The predicted octanol–water partition coefficient (Wildman–Crippen LogP) is 4.54. The molecule has 0 aliphatic carbocycles. The van der Waals surface area contributed by atoms with Crippen LogP contribution >= 0.6 is 0 Å². The molecule has 1 aromatic rings. The number of benzene rings is 1. The fraction of sp³-hybridized carbons (Fsp3) is 0.500. The Bertz CT molecular complexity index is 415. The van der Waals surface area contributed by atoms with E-state index >= 15 is 0 Å². The van der Waals surface area contributed by atoms with Gasteiger partial charge in [-0.15, -0.1) is 6.58 Å². The first-order valence-electron chi connectivity index (χ1n) is 7.30. The SMILES string of the molecule is C=CCCCC(Cc1ccccc1)C(=O)OC(C)(C)C. The van der Waals surface area contributed by atoms with Crippen molar-refractivity contribution in [3.63, 3.8) is 0 Å². The van der Waals surface area contributed by atoms with Gasteiger partial charge in [0.15, 0.2) is 0 Å². The van der Waals surface area contributed by atoms with Crippen molar-refractivity contribution in [2.45, 2.75) is 52.1 Å². The summed E-state index contributed by atoms with van der Waals surface area (Å²) in [7, 11) is 0. The predicted molar refractivity (Wildman–Crippen MR) is 83.5 cm³/mol. The molecular formula is C18H26O2. The quantitative estimate of drug-likeness (QED) is 0.414. The Balaban J connectivity index is 2.68. The maximum absolute atomic E-state index is 12.3. The van der Waals surface area contributed by atoms with Crippen LogP contribution in [0, 0.1) is 5.92 Å². The average Bonchev–Trinajstić information content (AvgIpc) is 2.37. The van der Waals surface area contributed by atoms with Gasteiger partial charge in [0.2, 0.25) is 0 Å². The summed E-state index contributed by atoms with van der Waals surface area (Å²) < 4.78 is 5.54. The lowest BCUT2D eigenvalue weighted by Gasteiger charge is -2.24. The first-order chi connectivity index (χ1) is 9.42. The van der Waals surface area contributed by atoms with E-state index in [9.17, 15) is 4.79 Å². The van der Waals surface area contributed by atoms with Crippen LogP contribution in [0.4, 0.5) is 0 Å². The molecule has 0 aliphatic rings. The van der Waals surface area contributed by atoms with Crippen LogP contribution < -0.4 is 0 Å². The summed E-state index contributed by atoms with van der Waals surface area (Å²) >= 11 is 0. The number of allylic oxidation sites excluding steroid dienone is 1. The molecule has 0 N–H and O–H groups in total. The normalized spacial score (nSPS) is 12.8. The molecular weight excluding hydrogens is 248 g/mol. The third-order valence-electron chi connectivity index (χ3n) is 3.03. The first-order valence-corrected chi connectivity index (χ1v) is 7.30. The third kappa shape index (κ3) is 6.55. The zero-order valence-corrected chi connectivity index (χ0v) is 12.9. The number of hydrogen-bond acceptors (Lipinski definition) is 2. The highest BCUT2D eigenvalue weighted by Gasteiger charge is 2.24. The van der Waals surface area contributed by atoms with Gasteiger partial charge in [0.25, 0.3) is 0 Å². The van der Waals surface area contributed by atoms with Gasteiger partial charge in [0.1, 0.15) is 5.60 Å². The molecule has 0 saturated carbocycles. The number of ether oxygens (including phenoxy) is 1. The minimum Gasteiger partial charge on any atom is -0.460 e. The number of hydrogen-bond donors (Lipinski definition) is 0. The van der Waals surface area contributed by atoms with Gasteiger partial charge >= 0.3 is 5.97 Å². The molecule has 0 saturated heterocycles. The summed E-state index contributed by atoms with van der Waals surface area (Å²) in [6.07, 6.45) is 5.39. The fourth-order valence-electron chi connectivity index (χ4n) is 2.10. The minimum absolute atomic E-state index is 0.0726. The maximum Gasteiger partial charge on any atom is 0.309 e. The number of carbonyl (C=O) groups is 1. The van der Waals surface area contributed by atoms with Crippen LogP contribution in [0.2, 0.25) is 0 Å². The van der Waals surface area contributed by atoms with Crippen molar-refractivity contribution in [1.82, 2.24) is 0 Å². The monoisotopic (exact) mass is 274 g/mol. The molecule has 2 heteroatoms. The van der Waals surface area contributed by atoms with Gasteiger partial charge in [-0.1, -0.05) is 36.4 Å². The van der Waals surface area contributed by atoms with E-state index in [0.717, 1.165) is 25.7 Å². The summed E-state index contributed by atoms with van der Waals surface area (Å²) in [5, 5.41) is 0. The largest absolute Gasteiger partial charge is 0.460 e. The van der Waals surface area contributed by atoms with Gasteiger partial charge in [-0.05, 0) is 52.0 Å². The number of unbranched alkanes of at least 4 members (excludes halogenated alkanes) is 1. The van der Waals surface area contributed by atoms with Crippen LogP contribution in [0.5, 0.6) is 0 Å². The molecule has 20 heavy (non-hydrogen) atoms. The van der Waals surface area contributed by atoms with Crippen molar-refractivity contribution in [3.8, 4) is 0 Å². The second-order valence-corrected chi connectivity index (χ2v) is 6.14. The van der Waals surface area contributed by atoms with Gasteiger partial charge in [0.05, 0.1) is 5.92 Å². The summed E-state index contributed by atoms with van der Waals surface area (Å²) in [4.78, 5) is 12.3. The Labute approximate surface area is 122 Å². The van der Waals surface area contributed by atoms with Crippen molar-refractivity contribution in [3.05, 3.63) is 48.6 Å². The third-order valence-corrected chi connectivity index (χ3v) is 3.03. The van der Waals surface area contributed by atoms with Gasteiger partial charge in [0, 0.05) is 0 Å². The highest BCUT2D eigenvalue weighted by atomic mass is 16.6. The van der Waals surface area contributed by atoms with Crippen molar-refractivity contribution in [1.29, 1.82) is 0 Å². The number of rotatable bonds is 7. The van der Waals surface area contributed by atoms with Gasteiger partial charge in [-0.2, -0.15) is 0 Å². The average molecular weight is 274 g/mol. The van der Waals surface area contributed by atoms with E-state index in [-0.39, 0.29) is 11.9 Å². The van der Waals surface area contributed by atoms with Crippen LogP contribution in [-0.4, -0.2) is 11.6 Å². The van der Waals surface area contributed by atoms with Crippen LogP contribution in [0.15, 0.2) is 43.0 Å². The second-order valence-electron chi connectivity index (χ2n) is 6.14. The van der Waals surface area contributed by atoms with E-state index in [4.69, 9.17) is 4.74 Å². The zero-order valence-electron chi connectivity index (χ0n) is 12.9. The molecule has 0 aromatic heterocycles. The van der Waals surface area contributed by atoms with Crippen molar-refractivity contribution in [2.24, 2.45) is 5.92 Å². The van der Waals surface area contributed by atoms with Crippen LogP contribution in [0.25, 0.3) is 0 Å². The van der Waals surface area contributed by atoms with E-state index in [1.165, 1.54) is 5.56 Å². The van der Waals surface area contributed by atoms with E-state index in [0.29, 0.717) is 0 Å². The van der Waals surface area contributed by atoms with E-state index in [2.05, 4.69) is 18.7 Å². The summed E-state index contributed by atoms with van der Waals surface area (Å²) in [5.41, 5.74) is 0.756. The molecule has 0 heterocycles. The topological polar surface area (TPSA) is 26.3 Å². The van der Waals surface area contributed by atoms with Gasteiger partial charge < -0.3 is 4.74 Å². The Morgan fingerprint density at radius 3 is 2.50 bits per heavy atom. The molecule has 1 atom stereocenters. The summed E-state index contributed by atoms with van der Waals surface area (Å²) in [6, 6.07) is 10.1. The van der Waals surface area contributed by atoms with Gasteiger partial charge in [-0.3, -0.25) is 4.79 Å². The van der Waals surface area contributed by atoms with Crippen molar-refractivity contribution in [2.75, 3.05) is 0 Å². The highest BCUT2D eigenvalue weighted by Crippen LogP contribution is 2.20. The van der Waals surface area contributed by atoms with Crippen molar-refractivity contribution < 1.29 is 9.53 Å². The number of esters is 1. The Morgan fingerprint density at radius 1 is 1.30 bits per heavy atom. The molecule has 1 rings (SSSR count). The highest BCUT2D eigenvalue weighted by molar-refractivity contribution is 5.73. The Morgan fingerprint density at radius 2 is 1.95 bits per heavy atom. The molecule has 1 aromatic carbocycles. The first kappa shape index (κ1) is 16.5. The van der Waals surface area contributed by atoms with E-state index in [1.807, 2.05) is 45.0 Å². The maximum atomic E-state index is 12.3. The smallest absolute Gasteiger partial charge is 0.309 e. The molecule has 1 unspecified atom stereocenters. The van der Waals surface area contributed by atoms with Crippen LogP contribution in [0.1, 0.15) is 45.6 Å². The lowest BCUT2D eigenvalue weighted by molar-refractivity contribution is -0.160. The van der Waals surface area contributed by atoms with Crippen LogP contribution in [0.3, 0.4) is 0 Å². The molecule has 0 bridgehead atoms. The van der Waals surface area contributed by atoms with Gasteiger partial charge in [-0.25, -0.2) is 0 Å². The molecule has 0 amide bonds. The molecule has 0 radical (unpaired) electrons. The van der Waals surface area contributed by atoms with Crippen molar-refractivity contribution >= 4 is 5.97 Å². The second kappa shape index (κ2) is 7.88. The summed E-state index contributed by atoms with van der Waals surface area (Å²) in [6.45, 7) is 9.46. The Kier molecular flexibility index (Phi) is 6.50. The molecule has 0 aliphatic heterocycles. The molecule has 2 nitrogen and oxygen atoms in total. The minimum atomic E-state index is -0.426. The fourth-order valence-corrected chi connectivity index (χ4v) is 2.10. The van der Waals surface area contributed by atoms with E-state index < -0.39 is 5.60 Å². The zero-order chi connectivity index (χ0) is 15.0. The molecule has 0 spiro atoms. The molecule has 110 valence electrons. The van der Waals surface area contributed by atoms with E-state index in [1.54, 1.807) is 0 Å². The molecule has 0 fully saturated rings. The van der Waals surface area contributed by atoms with Crippen LogP contribution in [-0.2, 0) is 16.0 Å². The lowest BCUT2D eigenvalue weighted by atomic mass is 9.94. The Hall–Kier alpha value is -1.57. The summed E-state index contributed by atoms with van der Waals surface area (Å²) in [5.74, 6) is -0.165. The lowest BCUT2D eigenvalue weighted by Crippen LogP contribution is -2.29. The number of carbonyl (C=O) groups excluding carboxylic acids is 1. The standard InChI is InChI=1S/C18H26O2/c1-5-6-8-13-16(17(19)20-18(2,3)4)14-15-11-9-7-10-12-15/h5,7,9-12,16H,1,6,8,13-14H2,2-4H3.